The normalized spacial score (nSPS) is 11.6. The van der Waals surface area contributed by atoms with Crippen molar-refractivity contribution >= 4 is 32.3 Å². The summed E-state index contributed by atoms with van der Waals surface area (Å²) >= 11 is 0. The SMILES string of the molecule is O=C(Cn1cc(S(=O)(=O)c2ccc(F)cc2)c2ccccc21)Nc1ccc(OC(F)F)cc1. The van der Waals surface area contributed by atoms with Gasteiger partial charge in [0.25, 0.3) is 0 Å². The molecule has 4 rings (SSSR count). The monoisotopic (exact) mass is 474 g/mol. The minimum absolute atomic E-state index is 0.00833. The van der Waals surface area contributed by atoms with E-state index in [9.17, 15) is 26.4 Å². The van der Waals surface area contributed by atoms with Crippen molar-refractivity contribution in [2.24, 2.45) is 0 Å². The van der Waals surface area contributed by atoms with Gasteiger partial charge in [0, 0.05) is 22.8 Å². The van der Waals surface area contributed by atoms with Gasteiger partial charge in [-0.2, -0.15) is 8.78 Å². The highest BCUT2D eigenvalue weighted by atomic mass is 32.2. The summed E-state index contributed by atoms with van der Waals surface area (Å²) in [5, 5.41) is 3.05. The molecule has 0 spiro atoms. The van der Waals surface area contributed by atoms with Crippen LogP contribution in [0, 0.1) is 5.82 Å². The molecule has 0 bridgehead atoms. The highest BCUT2D eigenvalue weighted by Gasteiger charge is 2.24. The summed E-state index contributed by atoms with van der Waals surface area (Å²) in [7, 11) is -3.97. The first-order valence-corrected chi connectivity index (χ1v) is 11.2. The van der Waals surface area contributed by atoms with Crippen molar-refractivity contribution in [3.05, 3.63) is 84.8 Å². The molecule has 0 saturated carbocycles. The van der Waals surface area contributed by atoms with Crippen molar-refractivity contribution in [2.45, 2.75) is 22.9 Å². The summed E-state index contributed by atoms with van der Waals surface area (Å²) in [6.07, 6.45) is 1.36. The molecule has 0 aliphatic rings. The number of sulfone groups is 1. The Hall–Kier alpha value is -3.79. The quantitative estimate of drug-likeness (QED) is 0.389. The molecule has 0 atom stereocenters. The van der Waals surface area contributed by atoms with Gasteiger partial charge in [-0.1, -0.05) is 18.2 Å². The molecule has 0 radical (unpaired) electrons. The fourth-order valence-corrected chi connectivity index (χ4v) is 4.85. The van der Waals surface area contributed by atoms with Gasteiger partial charge in [-0.25, -0.2) is 12.8 Å². The smallest absolute Gasteiger partial charge is 0.387 e. The van der Waals surface area contributed by atoms with E-state index in [4.69, 9.17) is 0 Å². The number of anilines is 1. The van der Waals surface area contributed by atoms with Crippen LogP contribution in [0.15, 0.2) is 88.8 Å². The number of rotatable bonds is 7. The van der Waals surface area contributed by atoms with Gasteiger partial charge in [0.15, 0.2) is 0 Å². The summed E-state index contributed by atoms with van der Waals surface area (Å²) in [4.78, 5) is 12.5. The largest absolute Gasteiger partial charge is 0.435 e. The van der Waals surface area contributed by atoms with Crippen LogP contribution in [0.4, 0.5) is 18.9 Å². The first kappa shape index (κ1) is 22.4. The Morgan fingerprint density at radius 2 is 1.64 bits per heavy atom. The number of nitrogens with zero attached hydrogens (tertiary/aromatic N) is 1. The zero-order chi connectivity index (χ0) is 23.6. The number of aromatic nitrogens is 1. The first-order valence-electron chi connectivity index (χ1n) is 9.67. The lowest BCUT2D eigenvalue weighted by Gasteiger charge is -2.09. The van der Waals surface area contributed by atoms with Crippen LogP contribution >= 0.6 is 0 Å². The molecule has 1 amide bonds. The van der Waals surface area contributed by atoms with E-state index in [1.807, 2.05) is 0 Å². The molecule has 1 N–H and O–H groups in total. The second-order valence-corrected chi connectivity index (χ2v) is 8.96. The maximum absolute atomic E-state index is 13.3. The number of nitrogens with one attached hydrogen (secondary N) is 1. The summed E-state index contributed by atoms with van der Waals surface area (Å²) in [5.41, 5.74) is 0.881. The number of carbonyl (C=O) groups excluding carboxylic acids is 1. The lowest BCUT2D eigenvalue weighted by atomic mass is 10.2. The molecule has 3 aromatic carbocycles. The Morgan fingerprint density at radius 1 is 0.970 bits per heavy atom. The molecule has 1 aromatic heterocycles. The van der Waals surface area contributed by atoms with E-state index in [0.717, 1.165) is 12.1 Å². The number of hydrogen-bond donors (Lipinski definition) is 1. The van der Waals surface area contributed by atoms with Gasteiger partial charge in [0.1, 0.15) is 18.1 Å². The summed E-state index contributed by atoms with van der Waals surface area (Å²) in [6, 6.07) is 16.6. The molecule has 0 saturated heterocycles. The Labute approximate surface area is 187 Å². The summed E-state index contributed by atoms with van der Waals surface area (Å²) in [6.45, 7) is -3.15. The third-order valence-electron chi connectivity index (χ3n) is 4.84. The standard InChI is InChI=1S/C23H17F3N2O4S/c24-15-5-11-18(12-6-15)33(30,31)21-13-28(20-4-2-1-3-19(20)21)14-22(29)27-16-7-9-17(10-8-16)32-23(25)26/h1-13,23H,14H2,(H,27,29). The van der Waals surface area contributed by atoms with E-state index in [1.54, 1.807) is 24.3 Å². The van der Waals surface area contributed by atoms with Crippen LogP contribution in [-0.4, -0.2) is 25.5 Å². The van der Waals surface area contributed by atoms with E-state index in [2.05, 4.69) is 10.1 Å². The second-order valence-electron chi connectivity index (χ2n) is 7.05. The lowest BCUT2D eigenvalue weighted by molar-refractivity contribution is -0.116. The predicted molar refractivity (Wildman–Crippen MR) is 115 cm³/mol. The number of para-hydroxylation sites is 1. The van der Waals surface area contributed by atoms with E-state index < -0.39 is 28.2 Å². The molecular formula is C23H17F3N2O4S. The Balaban J connectivity index is 1.60. The van der Waals surface area contributed by atoms with Crippen molar-refractivity contribution < 1.29 is 31.1 Å². The van der Waals surface area contributed by atoms with Crippen LogP contribution in [0.2, 0.25) is 0 Å². The van der Waals surface area contributed by atoms with E-state index in [0.29, 0.717) is 16.6 Å². The maximum Gasteiger partial charge on any atom is 0.387 e. The Kier molecular flexibility index (Phi) is 6.10. The van der Waals surface area contributed by atoms with Gasteiger partial charge in [-0.3, -0.25) is 4.79 Å². The number of ether oxygens (including phenoxy) is 1. The fraction of sp³-hybridized carbons (Fsp3) is 0.0870. The zero-order valence-corrected chi connectivity index (χ0v) is 17.7. The summed E-state index contributed by atoms with van der Waals surface area (Å²) in [5.74, 6) is -1.05. The van der Waals surface area contributed by atoms with E-state index in [-0.39, 0.29) is 22.1 Å². The molecule has 0 unspecified atom stereocenters. The first-order chi connectivity index (χ1) is 15.7. The van der Waals surface area contributed by atoms with Crippen LogP contribution in [-0.2, 0) is 21.2 Å². The van der Waals surface area contributed by atoms with Crippen molar-refractivity contribution in [1.82, 2.24) is 4.57 Å². The minimum atomic E-state index is -3.97. The highest BCUT2D eigenvalue weighted by molar-refractivity contribution is 7.91. The highest BCUT2D eigenvalue weighted by Crippen LogP contribution is 2.30. The minimum Gasteiger partial charge on any atom is -0.435 e. The Bertz CT molecular complexity index is 1400. The van der Waals surface area contributed by atoms with E-state index >= 15 is 0 Å². The van der Waals surface area contributed by atoms with Crippen molar-refractivity contribution in [3.8, 4) is 5.75 Å². The topological polar surface area (TPSA) is 77.4 Å². The van der Waals surface area contributed by atoms with Crippen molar-refractivity contribution in [2.75, 3.05) is 5.32 Å². The van der Waals surface area contributed by atoms with Gasteiger partial charge in [0.2, 0.25) is 15.7 Å². The zero-order valence-electron chi connectivity index (χ0n) is 16.9. The molecule has 170 valence electrons. The number of benzene rings is 3. The number of carbonyl (C=O) groups is 1. The molecule has 0 aliphatic carbocycles. The predicted octanol–water partition coefficient (Wildman–Crippen LogP) is 4.85. The van der Waals surface area contributed by atoms with Gasteiger partial charge < -0.3 is 14.6 Å². The van der Waals surface area contributed by atoms with Gasteiger partial charge >= 0.3 is 6.61 Å². The molecule has 0 aliphatic heterocycles. The van der Waals surface area contributed by atoms with Crippen LogP contribution in [0.3, 0.4) is 0 Å². The lowest BCUT2D eigenvalue weighted by Crippen LogP contribution is -2.18. The molecule has 10 heteroatoms. The molecule has 33 heavy (non-hydrogen) atoms. The van der Waals surface area contributed by atoms with Crippen LogP contribution in [0.1, 0.15) is 0 Å². The molecule has 4 aromatic rings. The number of halogens is 3. The summed E-state index contributed by atoms with van der Waals surface area (Å²) < 4.78 is 69.8. The van der Waals surface area contributed by atoms with Crippen LogP contribution in [0.25, 0.3) is 10.9 Å². The second kappa shape index (κ2) is 8.99. The Morgan fingerprint density at radius 3 is 2.30 bits per heavy atom. The number of fused-ring (bicyclic) bond motifs is 1. The molecular weight excluding hydrogens is 457 g/mol. The number of alkyl halides is 2. The average Bonchev–Trinajstić information content (AvgIpc) is 3.14. The van der Waals surface area contributed by atoms with Crippen LogP contribution < -0.4 is 10.1 Å². The van der Waals surface area contributed by atoms with Crippen LogP contribution in [0.5, 0.6) is 5.75 Å². The maximum atomic E-state index is 13.3. The number of hydrogen-bond acceptors (Lipinski definition) is 4. The molecule has 6 nitrogen and oxygen atoms in total. The van der Waals surface area contributed by atoms with Crippen molar-refractivity contribution in [3.63, 3.8) is 0 Å². The van der Waals surface area contributed by atoms with Gasteiger partial charge in [0.05, 0.1) is 9.79 Å². The third-order valence-corrected chi connectivity index (χ3v) is 6.64. The van der Waals surface area contributed by atoms with Gasteiger partial charge in [-0.15, -0.1) is 0 Å². The average molecular weight is 474 g/mol. The molecule has 0 fully saturated rings. The fourth-order valence-electron chi connectivity index (χ4n) is 3.37. The number of amides is 1. The third kappa shape index (κ3) is 4.85. The molecule has 1 heterocycles. The van der Waals surface area contributed by atoms with Gasteiger partial charge in [-0.05, 0) is 54.6 Å². The van der Waals surface area contributed by atoms with E-state index in [1.165, 1.54) is 47.2 Å². The van der Waals surface area contributed by atoms with Crippen molar-refractivity contribution in [1.29, 1.82) is 0 Å².